The molecule has 0 spiro atoms. The van der Waals surface area contributed by atoms with Crippen molar-refractivity contribution in [2.24, 2.45) is 0 Å². The van der Waals surface area contributed by atoms with Gasteiger partial charge in [0.15, 0.2) is 0 Å². The van der Waals surface area contributed by atoms with Crippen molar-refractivity contribution in [2.75, 3.05) is 11.9 Å². The number of nitrogens with one attached hydrogen (secondary N) is 1. The molecule has 0 atom stereocenters. The molecule has 0 aliphatic heterocycles. The van der Waals surface area contributed by atoms with E-state index in [1.54, 1.807) is 12.1 Å². The van der Waals surface area contributed by atoms with Gasteiger partial charge >= 0.3 is 0 Å². The smallest absolute Gasteiger partial charge is 0.221 e. The maximum absolute atomic E-state index is 10.9. The first-order valence-electron chi connectivity index (χ1n) is 5.10. The third-order valence-corrected chi connectivity index (χ3v) is 1.89. The van der Waals surface area contributed by atoms with Gasteiger partial charge < -0.3 is 10.1 Å². The number of unbranched alkanes of at least 4 members (excludes halogenated alkanes) is 1. The Bertz CT molecular complexity index is 396. The maximum atomic E-state index is 10.9. The molecule has 1 rings (SSSR count). The van der Waals surface area contributed by atoms with E-state index >= 15 is 0 Å². The average Bonchev–Trinajstić information content (AvgIpc) is 2.26. The highest BCUT2D eigenvalue weighted by Crippen LogP contribution is 2.23. The van der Waals surface area contributed by atoms with Crippen LogP contribution in [-0.2, 0) is 4.79 Å². The topological polar surface area (TPSA) is 62.1 Å². The summed E-state index contributed by atoms with van der Waals surface area (Å²) in [6.45, 7) is 1.93. The molecule has 4 nitrogen and oxygen atoms in total. The van der Waals surface area contributed by atoms with Crippen molar-refractivity contribution >= 4 is 11.6 Å². The van der Waals surface area contributed by atoms with Crippen molar-refractivity contribution in [1.82, 2.24) is 0 Å². The highest BCUT2D eigenvalue weighted by molar-refractivity contribution is 5.90. The quantitative estimate of drug-likeness (QED) is 0.771. The lowest BCUT2D eigenvalue weighted by Crippen LogP contribution is -2.08. The number of hydrogen-bond acceptors (Lipinski definition) is 3. The van der Waals surface area contributed by atoms with E-state index in [-0.39, 0.29) is 5.91 Å². The second-order valence-electron chi connectivity index (χ2n) is 3.29. The van der Waals surface area contributed by atoms with E-state index in [9.17, 15) is 4.79 Å². The van der Waals surface area contributed by atoms with Crippen LogP contribution in [0.5, 0.6) is 5.75 Å². The van der Waals surface area contributed by atoms with Gasteiger partial charge in [-0.15, -0.1) is 0 Å². The minimum absolute atomic E-state index is 0.131. The Hall–Kier alpha value is -2.02. The van der Waals surface area contributed by atoms with Crippen LogP contribution in [0.25, 0.3) is 0 Å². The Kier molecular flexibility index (Phi) is 4.87. The lowest BCUT2D eigenvalue weighted by Gasteiger charge is -2.10. The molecule has 0 radical (unpaired) electrons. The molecule has 1 aromatic rings. The summed E-state index contributed by atoms with van der Waals surface area (Å²) >= 11 is 0. The molecule has 1 aromatic carbocycles. The number of ether oxygens (including phenoxy) is 1. The van der Waals surface area contributed by atoms with Crippen LogP contribution in [0.2, 0.25) is 0 Å². The lowest BCUT2D eigenvalue weighted by molar-refractivity contribution is -0.114. The minimum Gasteiger partial charge on any atom is -0.491 e. The zero-order chi connectivity index (χ0) is 11.8. The molecule has 0 aliphatic rings. The van der Waals surface area contributed by atoms with Gasteiger partial charge in [-0.3, -0.25) is 4.79 Å². The van der Waals surface area contributed by atoms with Gasteiger partial charge in [-0.1, -0.05) is 12.1 Å². The molecule has 4 heteroatoms. The number of anilines is 1. The summed E-state index contributed by atoms with van der Waals surface area (Å²) in [4.78, 5) is 10.9. The lowest BCUT2D eigenvalue weighted by atomic mass is 10.3. The van der Waals surface area contributed by atoms with E-state index in [0.717, 1.165) is 0 Å². The van der Waals surface area contributed by atoms with Gasteiger partial charge in [-0.25, -0.2) is 0 Å². The van der Waals surface area contributed by atoms with Crippen LogP contribution < -0.4 is 10.1 Å². The van der Waals surface area contributed by atoms with E-state index in [0.29, 0.717) is 30.9 Å². The molecular formula is C12H14N2O2. The SMILES string of the molecule is CC(=O)Nc1ccccc1OCCCC#N. The fraction of sp³-hybridized carbons (Fsp3) is 0.333. The number of rotatable bonds is 5. The number of carbonyl (C=O) groups excluding carboxylic acids is 1. The molecule has 0 aliphatic carbocycles. The van der Waals surface area contributed by atoms with Crippen LogP contribution in [0.3, 0.4) is 0 Å². The molecule has 0 aromatic heterocycles. The molecule has 16 heavy (non-hydrogen) atoms. The molecule has 1 N–H and O–H groups in total. The predicted octanol–water partition coefficient (Wildman–Crippen LogP) is 2.33. The van der Waals surface area contributed by atoms with Gasteiger partial charge in [0.05, 0.1) is 18.4 Å². The van der Waals surface area contributed by atoms with Crippen LogP contribution in [0.1, 0.15) is 19.8 Å². The van der Waals surface area contributed by atoms with E-state index in [1.807, 2.05) is 12.1 Å². The van der Waals surface area contributed by atoms with Crippen molar-refractivity contribution in [2.45, 2.75) is 19.8 Å². The summed E-state index contributed by atoms with van der Waals surface area (Å²) in [5.74, 6) is 0.503. The van der Waals surface area contributed by atoms with Crippen LogP contribution in [0, 0.1) is 11.3 Å². The Morgan fingerprint density at radius 2 is 2.25 bits per heavy atom. The van der Waals surface area contributed by atoms with E-state index in [2.05, 4.69) is 11.4 Å². The second kappa shape index (κ2) is 6.46. The molecule has 0 fully saturated rings. The number of para-hydroxylation sites is 2. The Labute approximate surface area is 94.8 Å². The number of amides is 1. The number of nitrogens with zero attached hydrogens (tertiary/aromatic N) is 1. The molecule has 0 heterocycles. The maximum Gasteiger partial charge on any atom is 0.221 e. The standard InChI is InChI=1S/C12H14N2O2/c1-10(15)14-11-6-2-3-7-12(11)16-9-5-4-8-13/h2-3,6-7H,4-5,9H2,1H3,(H,14,15). The second-order valence-corrected chi connectivity index (χ2v) is 3.29. The third-order valence-electron chi connectivity index (χ3n) is 1.89. The summed E-state index contributed by atoms with van der Waals surface area (Å²) in [7, 11) is 0. The monoisotopic (exact) mass is 218 g/mol. The van der Waals surface area contributed by atoms with Gasteiger partial charge in [-0.2, -0.15) is 5.26 Å². The van der Waals surface area contributed by atoms with Gasteiger partial charge in [-0.05, 0) is 18.6 Å². The summed E-state index contributed by atoms with van der Waals surface area (Å²) in [6, 6.07) is 9.28. The first-order valence-corrected chi connectivity index (χ1v) is 5.10. The summed E-state index contributed by atoms with van der Waals surface area (Å²) in [5.41, 5.74) is 0.659. The summed E-state index contributed by atoms with van der Waals surface area (Å²) < 4.78 is 5.47. The summed E-state index contributed by atoms with van der Waals surface area (Å²) in [6.07, 6.45) is 1.16. The zero-order valence-electron chi connectivity index (χ0n) is 9.19. The molecule has 84 valence electrons. The van der Waals surface area contributed by atoms with Crippen molar-refractivity contribution in [1.29, 1.82) is 5.26 Å². The summed E-state index contributed by atoms with van der Waals surface area (Å²) in [5, 5.41) is 11.1. The molecule has 0 bridgehead atoms. The zero-order valence-corrected chi connectivity index (χ0v) is 9.19. The van der Waals surface area contributed by atoms with E-state index in [1.165, 1.54) is 6.92 Å². The predicted molar refractivity (Wildman–Crippen MR) is 61.1 cm³/mol. The molecule has 0 unspecified atom stereocenters. The first kappa shape index (κ1) is 12.1. The highest BCUT2D eigenvalue weighted by Gasteiger charge is 2.03. The highest BCUT2D eigenvalue weighted by atomic mass is 16.5. The van der Waals surface area contributed by atoms with Crippen molar-refractivity contribution in [3.05, 3.63) is 24.3 Å². The minimum atomic E-state index is -0.131. The van der Waals surface area contributed by atoms with Crippen LogP contribution in [0.4, 0.5) is 5.69 Å². The fourth-order valence-electron chi connectivity index (χ4n) is 1.22. The molecule has 1 amide bonds. The van der Waals surface area contributed by atoms with Gasteiger partial charge in [0.2, 0.25) is 5.91 Å². The molecule has 0 saturated carbocycles. The van der Waals surface area contributed by atoms with Gasteiger partial charge in [0, 0.05) is 13.3 Å². The van der Waals surface area contributed by atoms with Crippen LogP contribution in [0.15, 0.2) is 24.3 Å². The van der Waals surface area contributed by atoms with Gasteiger partial charge in [0.1, 0.15) is 5.75 Å². The van der Waals surface area contributed by atoms with Crippen LogP contribution in [-0.4, -0.2) is 12.5 Å². The van der Waals surface area contributed by atoms with Gasteiger partial charge in [0.25, 0.3) is 0 Å². The van der Waals surface area contributed by atoms with Crippen molar-refractivity contribution < 1.29 is 9.53 Å². The average molecular weight is 218 g/mol. The first-order chi connectivity index (χ1) is 7.74. The van der Waals surface area contributed by atoms with E-state index in [4.69, 9.17) is 10.00 Å². The largest absolute Gasteiger partial charge is 0.491 e. The van der Waals surface area contributed by atoms with Crippen LogP contribution >= 0.6 is 0 Å². The third kappa shape index (κ3) is 4.01. The molecular weight excluding hydrogens is 204 g/mol. The number of carbonyl (C=O) groups is 1. The number of nitriles is 1. The Balaban J connectivity index is 2.57. The number of hydrogen-bond donors (Lipinski definition) is 1. The number of benzene rings is 1. The van der Waals surface area contributed by atoms with E-state index < -0.39 is 0 Å². The fourth-order valence-corrected chi connectivity index (χ4v) is 1.22. The normalized spacial score (nSPS) is 9.25. The molecule has 0 saturated heterocycles. The Morgan fingerprint density at radius 3 is 2.94 bits per heavy atom. The van der Waals surface area contributed by atoms with Crippen molar-refractivity contribution in [3.63, 3.8) is 0 Å². The Morgan fingerprint density at radius 1 is 1.50 bits per heavy atom. The van der Waals surface area contributed by atoms with Crippen molar-refractivity contribution in [3.8, 4) is 11.8 Å².